The first kappa shape index (κ1) is 32.0. The highest BCUT2D eigenvalue weighted by Crippen LogP contribution is 2.36. The van der Waals surface area contributed by atoms with Gasteiger partial charge in [-0.1, -0.05) is 49.7 Å². The molecule has 0 aliphatic heterocycles. The Hall–Kier alpha value is -2.03. The van der Waals surface area contributed by atoms with Crippen LogP contribution in [0, 0.1) is 0 Å². The molecule has 0 spiro atoms. The maximum atomic E-state index is 10.5. The van der Waals surface area contributed by atoms with E-state index in [4.69, 9.17) is 25.8 Å². The molecular formula is C28H45ClN2O5. The van der Waals surface area contributed by atoms with Crippen molar-refractivity contribution in [3.63, 3.8) is 0 Å². The molecule has 2 rings (SSSR count). The van der Waals surface area contributed by atoms with E-state index in [0.717, 1.165) is 24.2 Å². The first-order valence-corrected chi connectivity index (χ1v) is 12.9. The zero-order valence-electron chi connectivity index (χ0n) is 23.1. The standard InChI is InChI=1S/C16H27NO3.C12H18ClNO2/c1-6-17(7-2)11-14(18)13-9-8-10-15(19-5)16(13)20-12(3)4;1-4-16-12-9(6-5-7-10(12)13)11(15)8-14(2)3/h8-10,12,14,18H,6-7,11H2,1-5H3;5-7,11,15H,4,8H2,1-3H3. The number of para-hydroxylation sites is 2. The third-order valence-corrected chi connectivity index (χ3v) is 5.75. The normalized spacial score (nSPS) is 12.8. The minimum atomic E-state index is -0.588. The minimum Gasteiger partial charge on any atom is -0.493 e. The van der Waals surface area contributed by atoms with Crippen molar-refractivity contribution in [1.82, 2.24) is 9.80 Å². The van der Waals surface area contributed by atoms with Crippen LogP contribution >= 0.6 is 11.6 Å². The summed E-state index contributed by atoms with van der Waals surface area (Å²) in [6.07, 6.45) is -1.14. The predicted molar refractivity (Wildman–Crippen MR) is 148 cm³/mol. The second kappa shape index (κ2) is 16.7. The Bertz CT molecular complexity index is 890. The van der Waals surface area contributed by atoms with E-state index in [2.05, 4.69) is 18.7 Å². The Morgan fingerprint density at radius 2 is 1.42 bits per heavy atom. The zero-order valence-corrected chi connectivity index (χ0v) is 23.9. The van der Waals surface area contributed by atoms with Crippen molar-refractivity contribution < 1.29 is 24.4 Å². The van der Waals surface area contributed by atoms with Gasteiger partial charge in [0.1, 0.15) is 5.75 Å². The number of hydrogen-bond donors (Lipinski definition) is 2. The Morgan fingerprint density at radius 1 is 0.861 bits per heavy atom. The van der Waals surface area contributed by atoms with Crippen molar-refractivity contribution in [1.29, 1.82) is 0 Å². The summed E-state index contributed by atoms with van der Waals surface area (Å²) in [5.41, 5.74) is 1.52. The van der Waals surface area contributed by atoms with E-state index in [0.29, 0.717) is 42.0 Å². The van der Waals surface area contributed by atoms with Crippen LogP contribution in [0.15, 0.2) is 36.4 Å². The molecule has 0 aliphatic carbocycles. The van der Waals surface area contributed by atoms with Gasteiger partial charge in [-0.2, -0.15) is 0 Å². The van der Waals surface area contributed by atoms with Gasteiger partial charge in [-0.25, -0.2) is 0 Å². The number of likely N-dealkylation sites (N-methyl/N-ethyl adjacent to an activating group) is 2. The molecule has 0 fully saturated rings. The van der Waals surface area contributed by atoms with E-state index in [1.54, 1.807) is 13.2 Å². The molecule has 0 amide bonds. The second-order valence-electron chi connectivity index (χ2n) is 8.92. The van der Waals surface area contributed by atoms with Gasteiger partial charge in [0.25, 0.3) is 0 Å². The van der Waals surface area contributed by atoms with Crippen molar-refractivity contribution >= 4 is 11.6 Å². The summed E-state index contributed by atoms with van der Waals surface area (Å²) in [6.45, 7) is 13.5. The quantitative estimate of drug-likeness (QED) is 0.373. The summed E-state index contributed by atoms with van der Waals surface area (Å²) in [5, 5.41) is 21.1. The fourth-order valence-corrected chi connectivity index (χ4v) is 3.91. The number of nitrogens with zero attached hydrogens (tertiary/aromatic N) is 2. The monoisotopic (exact) mass is 524 g/mol. The summed E-state index contributed by atoms with van der Waals surface area (Å²) in [6, 6.07) is 11.1. The molecule has 2 atom stereocenters. The first-order valence-electron chi connectivity index (χ1n) is 12.6. The maximum Gasteiger partial charge on any atom is 0.167 e. The van der Waals surface area contributed by atoms with E-state index in [-0.39, 0.29) is 6.10 Å². The van der Waals surface area contributed by atoms with Gasteiger partial charge in [-0.05, 0) is 60.1 Å². The summed E-state index contributed by atoms with van der Waals surface area (Å²) in [4.78, 5) is 4.10. The second-order valence-corrected chi connectivity index (χ2v) is 9.32. The average Bonchev–Trinajstić information content (AvgIpc) is 2.83. The van der Waals surface area contributed by atoms with Crippen molar-refractivity contribution in [3.8, 4) is 17.2 Å². The summed E-state index contributed by atoms with van der Waals surface area (Å²) in [7, 11) is 5.44. The lowest BCUT2D eigenvalue weighted by molar-refractivity contribution is 0.113. The smallest absolute Gasteiger partial charge is 0.167 e. The molecule has 0 saturated heterocycles. The van der Waals surface area contributed by atoms with Crippen LogP contribution < -0.4 is 14.2 Å². The summed E-state index contributed by atoms with van der Waals surface area (Å²) < 4.78 is 16.6. The molecular weight excluding hydrogens is 480 g/mol. The van der Waals surface area contributed by atoms with Crippen LogP contribution in [0.3, 0.4) is 0 Å². The molecule has 2 aromatic carbocycles. The fraction of sp³-hybridized carbons (Fsp3) is 0.571. The van der Waals surface area contributed by atoms with Crippen LogP contribution in [-0.2, 0) is 0 Å². The van der Waals surface area contributed by atoms with Crippen LogP contribution in [0.1, 0.15) is 58.0 Å². The van der Waals surface area contributed by atoms with E-state index in [1.807, 2.05) is 70.1 Å². The molecule has 0 aromatic heterocycles. The van der Waals surface area contributed by atoms with Crippen molar-refractivity contribution in [2.45, 2.75) is 52.9 Å². The molecule has 204 valence electrons. The zero-order chi connectivity index (χ0) is 27.3. The van der Waals surface area contributed by atoms with Gasteiger partial charge in [0, 0.05) is 24.2 Å². The van der Waals surface area contributed by atoms with Gasteiger partial charge in [0.2, 0.25) is 0 Å². The first-order chi connectivity index (χ1) is 17.1. The number of benzene rings is 2. The highest BCUT2D eigenvalue weighted by Gasteiger charge is 2.20. The van der Waals surface area contributed by atoms with Crippen molar-refractivity contribution in [3.05, 3.63) is 52.5 Å². The van der Waals surface area contributed by atoms with E-state index in [9.17, 15) is 10.2 Å². The number of methoxy groups -OCH3 is 1. The predicted octanol–water partition coefficient (Wildman–Crippen LogP) is 5.19. The third-order valence-electron chi connectivity index (χ3n) is 5.45. The fourth-order valence-electron chi connectivity index (χ4n) is 3.67. The van der Waals surface area contributed by atoms with Gasteiger partial charge < -0.3 is 34.2 Å². The lowest BCUT2D eigenvalue weighted by Crippen LogP contribution is -2.28. The molecule has 0 saturated carbocycles. The number of halogens is 1. The van der Waals surface area contributed by atoms with Crippen molar-refractivity contribution in [2.24, 2.45) is 0 Å². The van der Waals surface area contributed by atoms with Gasteiger partial charge >= 0.3 is 0 Å². The van der Waals surface area contributed by atoms with Crippen molar-refractivity contribution in [2.75, 3.05) is 54.0 Å². The number of hydrogen-bond acceptors (Lipinski definition) is 7. The Morgan fingerprint density at radius 3 is 1.92 bits per heavy atom. The Kier molecular flexibility index (Phi) is 14.8. The van der Waals surface area contributed by atoms with Crippen LogP contribution in [0.5, 0.6) is 17.2 Å². The van der Waals surface area contributed by atoms with E-state index < -0.39 is 12.2 Å². The molecule has 0 heterocycles. The molecule has 8 heteroatoms. The van der Waals surface area contributed by atoms with Crippen LogP contribution in [0.25, 0.3) is 0 Å². The van der Waals surface area contributed by atoms with Crippen LogP contribution in [0.2, 0.25) is 5.02 Å². The summed E-state index contributed by atoms with van der Waals surface area (Å²) in [5.74, 6) is 1.89. The number of rotatable bonds is 13. The molecule has 2 aromatic rings. The minimum absolute atomic E-state index is 0.0331. The highest BCUT2D eigenvalue weighted by molar-refractivity contribution is 6.32. The molecule has 2 unspecified atom stereocenters. The number of ether oxygens (including phenoxy) is 3. The molecule has 0 aliphatic rings. The molecule has 36 heavy (non-hydrogen) atoms. The van der Waals surface area contributed by atoms with E-state index in [1.165, 1.54) is 0 Å². The van der Waals surface area contributed by atoms with Gasteiger partial charge in [0.05, 0.1) is 37.1 Å². The van der Waals surface area contributed by atoms with Gasteiger partial charge in [-0.15, -0.1) is 0 Å². The van der Waals surface area contributed by atoms with Crippen LogP contribution in [0.4, 0.5) is 0 Å². The largest absolute Gasteiger partial charge is 0.493 e. The average molecular weight is 525 g/mol. The molecule has 0 radical (unpaired) electrons. The number of aliphatic hydroxyl groups is 2. The molecule has 2 N–H and O–H groups in total. The Labute approximate surface area is 222 Å². The summed E-state index contributed by atoms with van der Waals surface area (Å²) >= 11 is 6.04. The lowest BCUT2D eigenvalue weighted by atomic mass is 10.1. The third kappa shape index (κ3) is 10.1. The van der Waals surface area contributed by atoms with Gasteiger partial charge in [-0.3, -0.25) is 0 Å². The SMILES string of the molecule is CCN(CC)CC(O)c1cccc(OC)c1OC(C)C.CCOc1c(Cl)cccc1C(O)CN(C)C. The van der Waals surface area contributed by atoms with E-state index >= 15 is 0 Å². The van der Waals surface area contributed by atoms with Crippen LogP contribution in [-0.4, -0.2) is 80.1 Å². The van der Waals surface area contributed by atoms with Gasteiger partial charge in [0.15, 0.2) is 11.5 Å². The Balaban J connectivity index is 0.000000369. The maximum absolute atomic E-state index is 10.5. The lowest BCUT2D eigenvalue weighted by Gasteiger charge is -2.25. The highest BCUT2D eigenvalue weighted by atomic mass is 35.5. The topological polar surface area (TPSA) is 74.6 Å². The molecule has 7 nitrogen and oxygen atoms in total. The number of aliphatic hydroxyl groups excluding tert-OH is 2. The molecule has 0 bridgehead atoms.